The van der Waals surface area contributed by atoms with Gasteiger partial charge in [0.1, 0.15) is 6.61 Å². The second kappa shape index (κ2) is 5.90. The molecule has 1 N–H and O–H groups in total. The Morgan fingerprint density at radius 1 is 1.00 bits per heavy atom. The van der Waals surface area contributed by atoms with E-state index in [1.165, 1.54) is 0 Å². The first-order valence-electron chi connectivity index (χ1n) is 6.29. The molecule has 3 aromatic rings. The van der Waals surface area contributed by atoms with Gasteiger partial charge in [0.25, 0.3) is 0 Å². The highest BCUT2D eigenvalue weighted by atomic mass is 35.5. The van der Waals surface area contributed by atoms with Gasteiger partial charge in [-0.1, -0.05) is 41.9 Å². The van der Waals surface area contributed by atoms with Crippen molar-refractivity contribution < 1.29 is 4.84 Å². The van der Waals surface area contributed by atoms with E-state index in [1.807, 2.05) is 60.7 Å². The summed E-state index contributed by atoms with van der Waals surface area (Å²) in [5.41, 5.74) is 5.52. The van der Waals surface area contributed by atoms with Crippen molar-refractivity contribution in [3.8, 4) is 0 Å². The van der Waals surface area contributed by atoms with Gasteiger partial charge in [-0.3, -0.25) is 15.3 Å². The molecule has 0 unspecified atom stereocenters. The quantitative estimate of drug-likeness (QED) is 0.720. The Morgan fingerprint density at radius 3 is 2.65 bits per heavy atom. The van der Waals surface area contributed by atoms with E-state index in [1.54, 1.807) is 0 Å². The molecule has 0 atom stereocenters. The van der Waals surface area contributed by atoms with Gasteiger partial charge in [-0.05, 0) is 30.3 Å². The first kappa shape index (κ1) is 12.9. The summed E-state index contributed by atoms with van der Waals surface area (Å²) in [6.07, 6.45) is 0. The molecule has 0 fully saturated rings. The van der Waals surface area contributed by atoms with Crippen LogP contribution in [0.2, 0.25) is 5.02 Å². The molecule has 4 heteroatoms. The topological polar surface area (TPSA) is 34.1 Å². The van der Waals surface area contributed by atoms with Crippen LogP contribution in [0.4, 0.5) is 5.69 Å². The fourth-order valence-corrected chi connectivity index (χ4v) is 2.08. The maximum Gasteiger partial charge on any atom is 0.117 e. The number of rotatable bonds is 4. The van der Waals surface area contributed by atoms with Gasteiger partial charge in [0.15, 0.2) is 0 Å². The number of pyridine rings is 1. The molecule has 3 nitrogen and oxygen atoms in total. The van der Waals surface area contributed by atoms with Crippen molar-refractivity contribution in [1.29, 1.82) is 0 Å². The van der Waals surface area contributed by atoms with Crippen LogP contribution >= 0.6 is 11.6 Å². The van der Waals surface area contributed by atoms with Gasteiger partial charge in [-0.15, -0.1) is 0 Å². The number of anilines is 1. The largest absolute Gasteiger partial charge is 0.270 e. The van der Waals surface area contributed by atoms with Gasteiger partial charge in [0.05, 0.1) is 16.9 Å². The molecule has 0 saturated heterocycles. The Kier molecular flexibility index (Phi) is 3.81. The maximum atomic E-state index is 5.97. The predicted molar refractivity (Wildman–Crippen MR) is 81.6 cm³/mol. The third kappa shape index (κ3) is 3.07. The lowest BCUT2D eigenvalue weighted by molar-refractivity contribution is 0.177. The molecular formula is C16H13ClN2O. The Labute approximate surface area is 122 Å². The zero-order valence-electron chi connectivity index (χ0n) is 10.7. The lowest BCUT2D eigenvalue weighted by Gasteiger charge is -2.07. The fraction of sp³-hybridized carbons (Fsp3) is 0.0625. The van der Waals surface area contributed by atoms with Crippen LogP contribution in [0.1, 0.15) is 5.69 Å². The Morgan fingerprint density at radius 2 is 1.80 bits per heavy atom. The number of fused-ring (bicyclic) bond motifs is 1. The lowest BCUT2D eigenvalue weighted by Crippen LogP contribution is -2.02. The minimum absolute atomic E-state index is 0.386. The van der Waals surface area contributed by atoms with Crippen molar-refractivity contribution in [2.24, 2.45) is 0 Å². The van der Waals surface area contributed by atoms with Crippen molar-refractivity contribution in [2.45, 2.75) is 6.61 Å². The van der Waals surface area contributed by atoms with Crippen molar-refractivity contribution in [3.05, 3.63) is 71.4 Å². The van der Waals surface area contributed by atoms with E-state index in [2.05, 4.69) is 10.5 Å². The summed E-state index contributed by atoms with van der Waals surface area (Å²) < 4.78 is 0. The third-order valence-electron chi connectivity index (χ3n) is 2.90. The van der Waals surface area contributed by atoms with E-state index in [4.69, 9.17) is 16.4 Å². The van der Waals surface area contributed by atoms with E-state index in [9.17, 15) is 0 Å². The van der Waals surface area contributed by atoms with Crippen molar-refractivity contribution in [3.63, 3.8) is 0 Å². The second-order valence-corrected chi connectivity index (χ2v) is 4.83. The number of benzene rings is 2. The molecule has 0 aliphatic rings. The van der Waals surface area contributed by atoms with E-state index >= 15 is 0 Å². The number of nitrogens with zero attached hydrogens (tertiary/aromatic N) is 1. The number of aromatic nitrogens is 1. The van der Waals surface area contributed by atoms with E-state index < -0.39 is 0 Å². The molecule has 1 heterocycles. The Bertz CT molecular complexity index is 716. The van der Waals surface area contributed by atoms with Crippen LogP contribution in [0, 0.1) is 0 Å². The van der Waals surface area contributed by atoms with Gasteiger partial charge in [-0.2, -0.15) is 0 Å². The second-order valence-electron chi connectivity index (χ2n) is 4.40. The van der Waals surface area contributed by atoms with E-state index in [0.29, 0.717) is 11.6 Å². The Balaban J connectivity index is 1.68. The molecule has 3 rings (SSSR count). The van der Waals surface area contributed by atoms with Crippen molar-refractivity contribution >= 4 is 28.2 Å². The van der Waals surface area contributed by atoms with Crippen molar-refractivity contribution in [1.82, 2.24) is 4.98 Å². The zero-order chi connectivity index (χ0) is 13.8. The summed E-state index contributed by atoms with van der Waals surface area (Å²) in [6.45, 7) is 0.386. The highest BCUT2D eigenvalue weighted by Crippen LogP contribution is 2.18. The van der Waals surface area contributed by atoms with Gasteiger partial charge in [0, 0.05) is 10.4 Å². The molecule has 1 aromatic heterocycles. The summed E-state index contributed by atoms with van der Waals surface area (Å²) in [7, 11) is 0. The molecule has 20 heavy (non-hydrogen) atoms. The minimum atomic E-state index is 0.386. The summed E-state index contributed by atoms with van der Waals surface area (Å²) in [5, 5.41) is 1.75. The van der Waals surface area contributed by atoms with Crippen LogP contribution < -0.4 is 5.48 Å². The summed E-state index contributed by atoms with van der Waals surface area (Å²) in [6, 6.07) is 19.4. The molecule has 2 aromatic carbocycles. The summed E-state index contributed by atoms with van der Waals surface area (Å²) >= 11 is 5.97. The molecule has 0 bridgehead atoms. The van der Waals surface area contributed by atoms with Crippen LogP contribution in [0.3, 0.4) is 0 Å². The zero-order valence-corrected chi connectivity index (χ0v) is 11.5. The first-order chi connectivity index (χ1) is 9.81. The number of hydrogen-bond acceptors (Lipinski definition) is 3. The molecule has 0 saturated carbocycles. The predicted octanol–water partition coefficient (Wildman–Crippen LogP) is 4.43. The van der Waals surface area contributed by atoms with Crippen LogP contribution in [-0.2, 0) is 11.4 Å². The molecular weight excluding hydrogens is 272 g/mol. The average Bonchev–Trinajstić information content (AvgIpc) is 2.48. The monoisotopic (exact) mass is 284 g/mol. The lowest BCUT2D eigenvalue weighted by atomic mass is 10.2. The summed E-state index contributed by atoms with van der Waals surface area (Å²) in [5.74, 6) is 0. The molecule has 100 valence electrons. The van der Waals surface area contributed by atoms with Crippen LogP contribution in [0.5, 0.6) is 0 Å². The normalized spacial score (nSPS) is 10.7. The molecule has 0 radical (unpaired) electrons. The van der Waals surface area contributed by atoms with Gasteiger partial charge in [0.2, 0.25) is 0 Å². The highest BCUT2D eigenvalue weighted by Gasteiger charge is 2.00. The van der Waals surface area contributed by atoms with Crippen molar-refractivity contribution in [2.75, 3.05) is 5.48 Å². The molecule has 0 spiro atoms. The van der Waals surface area contributed by atoms with E-state index in [0.717, 1.165) is 22.3 Å². The SMILES string of the molecule is Clc1ccc2ccc(CONc3ccccc3)nc2c1. The van der Waals surface area contributed by atoms with Crippen LogP contribution in [0.15, 0.2) is 60.7 Å². The van der Waals surface area contributed by atoms with E-state index in [-0.39, 0.29) is 0 Å². The first-order valence-corrected chi connectivity index (χ1v) is 6.67. The minimum Gasteiger partial charge on any atom is -0.270 e. The highest BCUT2D eigenvalue weighted by molar-refractivity contribution is 6.31. The number of hydrogen-bond donors (Lipinski definition) is 1. The van der Waals surface area contributed by atoms with Gasteiger partial charge >= 0.3 is 0 Å². The molecule has 0 aliphatic heterocycles. The smallest absolute Gasteiger partial charge is 0.117 e. The van der Waals surface area contributed by atoms with Crippen LogP contribution in [-0.4, -0.2) is 4.98 Å². The average molecular weight is 285 g/mol. The van der Waals surface area contributed by atoms with Crippen LogP contribution in [0.25, 0.3) is 10.9 Å². The maximum absolute atomic E-state index is 5.97. The summed E-state index contributed by atoms with van der Waals surface area (Å²) in [4.78, 5) is 9.96. The fourth-order valence-electron chi connectivity index (χ4n) is 1.91. The van der Waals surface area contributed by atoms with Gasteiger partial charge < -0.3 is 0 Å². The number of para-hydroxylation sites is 1. The number of nitrogens with one attached hydrogen (secondary N) is 1. The van der Waals surface area contributed by atoms with Gasteiger partial charge in [-0.25, -0.2) is 0 Å². The number of halogens is 1. The Hall–Kier alpha value is -2.10. The molecule has 0 aliphatic carbocycles. The molecule has 0 amide bonds. The third-order valence-corrected chi connectivity index (χ3v) is 3.13. The standard InChI is InChI=1S/C16H13ClN2O/c17-13-8-6-12-7-9-15(18-16(12)10-13)11-20-19-14-4-2-1-3-5-14/h1-10,19H,11H2.